The molecule has 2 N–H and O–H groups in total. The van der Waals surface area contributed by atoms with Gasteiger partial charge in [0.2, 0.25) is 5.88 Å². The Morgan fingerprint density at radius 3 is 2.88 bits per heavy atom. The van der Waals surface area contributed by atoms with Gasteiger partial charge in [-0.15, -0.1) is 0 Å². The van der Waals surface area contributed by atoms with E-state index in [1.54, 1.807) is 0 Å². The molecule has 1 amide bonds. The van der Waals surface area contributed by atoms with Crippen molar-refractivity contribution in [1.29, 1.82) is 0 Å². The van der Waals surface area contributed by atoms with Gasteiger partial charge in [-0.05, 0) is 6.92 Å². The van der Waals surface area contributed by atoms with Crippen LogP contribution in [0.4, 0.5) is 0 Å². The quantitative estimate of drug-likeness (QED) is 0.723. The maximum atomic E-state index is 11.6. The van der Waals surface area contributed by atoms with Gasteiger partial charge in [0.25, 0.3) is 5.91 Å². The first-order valence-corrected chi connectivity index (χ1v) is 5.26. The fourth-order valence-corrected chi connectivity index (χ4v) is 1.31. The van der Waals surface area contributed by atoms with E-state index in [0.29, 0.717) is 18.2 Å². The van der Waals surface area contributed by atoms with Gasteiger partial charge in [-0.2, -0.15) is 0 Å². The van der Waals surface area contributed by atoms with Crippen LogP contribution in [0.1, 0.15) is 17.4 Å². The summed E-state index contributed by atoms with van der Waals surface area (Å²) in [5.74, 6) is 0.242. The van der Waals surface area contributed by atoms with Gasteiger partial charge in [0.15, 0.2) is 0 Å². The molecular weight excluding hydrogens is 208 g/mol. The number of carbonyl (C=O) groups is 1. The molecule has 2 heterocycles. The van der Waals surface area contributed by atoms with E-state index in [9.17, 15) is 4.79 Å². The van der Waals surface area contributed by atoms with Crippen molar-refractivity contribution in [2.75, 3.05) is 19.7 Å². The third kappa shape index (κ3) is 2.46. The van der Waals surface area contributed by atoms with Crippen LogP contribution in [-0.2, 0) is 0 Å². The monoisotopic (exact) mass is 222 g/mol. The van der Waals surface area contributed by atoms with Gasteiger partial charge in [0, 0.05) is 13.1 Å². The summed E-state index contributed by atoms with van der Waals surface area (Å²) in [4.78, 5) is 19.6. The zero-order valence-corrected chi connectivity index (χ0v) is 9.06. The van der Waals surface area contributed by atoms with Crippen LogP contribution in [0.3, 0.4) is 0 Å². The van der Waals surface area contributed by atoms with Crippen molar-refractivity contribution in [2.24, 2.45) is 0 Å². The summed E-state index contributed by atoms with van der Waals surface area (Å²) >= 11 is 0. The van der Waals surface area contributed by atoms with Crippen LogP contribution in [0.25, 0.3) is 0 Å². The van der Waals surface area contributed by atoms with Crippen LogP contribution in [0, 0.1) is 0 Å². The molecule has 86 valence electrons. The van der Waals surface area contributed by atoms with Crippen molar-refractivity contribution in [3.63, 3.8) is 0 Å². The molecule has 1 aromatic heterocycles. The first kappa shape index (κ1) is 10.8. The van der Waals surface area contributed by atoms with Gasteiger partial charge in [0.1, 0.15) is 5.69 Å². The van der Waals surface area contributed by atoms with Crippen LogP contribution in [-0.4, -0.2) is 41.6 Å². The van der Waals surface area contributed by atoms with Crippen molar-refractivity contribution in [3.8, 4) is 5.88 Å². The van der Waals surface area contributed by atoms with Crippen LogP contribution < -0.4 is 15.4 Å². The summed E-state index contributed by atoms with van der Waals surface area (Å²) in [6, 6.07) is 0.209. The molecule has 0 aliphatic carbocycles. The third-order valence-electron chi connectivity index (χ3n) is 2.27. The van der Waals surface area contributed by atoms with E-state index < -0.39 is 0 Å². The highest BCUT2D eigenvalue weighted by Crippen LogP contribution is 2.04. The van der Waals surface area contributed by atoms with Gasteiger partial charge in [-0.1, -0.05) is 0 Å². The van der Waals surface area contributed by atoms with E-state index in [2.05, 4.69) is 20.6 Å². The molecule has 6 nitrogen and oxygen atoms in total. The number of hydrogen-bond donors (Lipinski definition) is 2. The number of nitrogens with one attached hydrogen (secondary N) is 2. The maximum absolute atomic E-state index is 11.6. The zero-order valence-electron chi connectivity index (χ0n) is 9.06. The summed E-state index contributed by atoms with van der Waals surface area (Å²) < 4.78 is 5.14. The normalized spacial score (nSPS) is 15.3. The van der Waals surface area contributed by atoms with E-state index in [-0.39, 0.29) is 11.9 Å². The van der Waals surface area contributed by atoms with E-state index in [1.165, 1.54) is 12.4 Å². The smallest absolute Gasteiger partial charge is 0.271 e. The lowest BCUT2D eigenvalue weighted by Crippen LogP contribution is -2.57. The number of ether oxygens (including phenoxy) is 1. The first-order valence-electron chi connectivity index (χ1n) is 5.26. The predicted octanol–water partition coefficient (Wildman–Crippen LogP) is -0.423. The molecule has 2 rings (SSSR count). The van der Waals surface area contributed by atoms with E-state index in [4.69, 9.17) is 4.74 Å². The predicted molar refractivity (Wildman–Crippen MR) is 57.3 cm³/mol. The summed E-state index contributed by atoms with van der Waals surface area (Å²) in [7, 11) is 0. The second kappa shape index (κ2) is 4.89. The molecule has 0 bridgehead atoms. The Morgan fingerprint density at radius 1 is 1.56 bits per heavy atom. The van der Waals surface area contributed by atoms with E-state index >= 15 is 0 Å². The van der Waals surface area contributed by atoms with Gasteiger partial charge >= 0.3 is 0 Å². The van der Waals surface area contributed by atoms with Gasteiger partial charge in [-0.3, -0.25) is 4.79 Å². The number of hydrogen-bond acceptors (Lipinski definition) is 5. The first-order chi connectivity index (χ1) is 7.79. The Hall–Kier alpha value is -1.69. The molecule has 6 heteroatoms. The average Bonchev–Trinajstić information content (AvgIpc) is 2.25. The van der Waals surface area contributed by atoms with Crippen molar-refractivity contribution >= 4 is 5.91 Å². The molecule has 1 aliphatic rings. The number of nitrogens with zero attached hydrogens (tertiary/aromatic N) is 2. The van der Waals surface area contributed by atoms with Crippen LogP contribution in [0.15, 0.2) is 12.4 Å². The molecule has 1 saturated heterocycles. The van der Waals surface area contributed by atoms with Crippen LogP contribution >= 0.6 is 0 Å². The molecule has 1 fully saturated rings. The average molecular weight is 222 g/mol. The number of aromatic nitrogens is 2. The summed E-state index contributed by atoms with van der Waals surface area (Å²) in [6.45, 7) is 4.03. The minimum absolute atomic E-state index is 0.193. The zero-order chi connectivity index (χ0) is 11.4. The number of carbonyl (C=O) groups excluding carboxylic acids is 1. The molecule has 0 atom stereocenters. The molecule has 0 aromatic carbocycles. The van der Waals surface area contributed by atoms with Gasteiger partial charge in [-0.25, -0.2) is 9.97 Å². The molecule has 1 aliphatic heterocycles. The molecule has 0 spiro atoms. The largest absolute Gasteiger partial charge is 0.477 e. The molecule has 0 radical (unpaired) electrons. The summed E-state index contributed by atoms with van der Waals surface area (Å²) in [6.07, 6.45) is 2.88. The second-order valence-corrected chi connectivity index (χ2v) is 3.50. The Labute approximate surface area is 93.4 Å². The van der Waals surface area contributed by atoms with Crippen molar-refractivity contribution in [2.45, 2.75) is 13.0 Å². The highest BCUT2D eigenvalue weighted by molar-refractivity contribution is 5.92. The minimum Gasteiger partial charge on any atom is -0.477 e. The Morgan fingerprint density at radius 2 is 2.38 bits per heavy atom. The lowest BCUT2D eigenvalue weighted by molar-refractivity contribution is 0.0918. The number of rotatable bonds is 4. The van der Waals surface area contributed by atoms with Crippen molar-refractivity contribution in [1.82, 2.24) is 20.6 Å². The van der Waals surface area contributed by atoms with Gasteiger partial charge in [0.05, 0.1) is 25.0 Å². The van der Waals surface area contributed by atoms with Crippen LogP contribution in [0.2, 0.25) is 0 Å². The molecule has 16 heavy (non-hydrogen) atoms. The Kier molecular flexibility index (Phi) is 3.31. The Bertz CT molecular complexity index is 362. The lowest BCUT2D eigenvalue weighted by Gasteiger charge is -2.27. The highest BCUT2D eigenvalue weighted by Gasteiger charge is 2.20. The summed E-state index contributed by atoms with van der Waals surface area (Å²) in [5, 5.41) is 5.91. The molecule has 0 saturated carbocycles. The highest BCUT2D eigenvalue weighted by atomic mass is 16.5. The standard InChI is InChI=1S/C10H14N4O2/c1-2-16-9-6-12-8(5-13-9)10(15)14-7-3-11-4-7/h5-7,11H,2-4H2,1H3,(H,14,15). The topological polar surface area (TPSA) is 76.1 Å². The SMILES string of the molecule is CCOc1cnc(C(=O)NC2CNC2)cn1. The third-order valence-corrected chi connectivity index (χ3v) is 2.27. The van der Waals surface area contributed by atoms with E-state index in [0.717, 1.165) is 13.1 Å². The molecule has 0 unspecified atom stereocenters. The molecule has 1 aromatic rings. The minimum atomic E-state index is -0.193. The van der Waals surface area contributed by atoms with Crippen molar-refractivity contribution < 1.29 is 9.53 Å². The van der Waals surface area contributed by atoms with Gasteiger partial charge < -0.3 is 15.4 Å². The van der Waals surface area contributed by atoms with E-state index in [1.807, 2.05) is 6.92 Å². The fraction of sp³-hybridized carbons (Fsp3) is 0.500. The van der Waals surface area contributed by atoms with Crippen LogP contribution in [0.5, 0.6) is 5.88 Å². The van der Waals surface area contributed by atoms with Crippen molar-refractivity contribution in [3.05, 3.63) is 18.1 Å². The maximum Gasteiger partial charge on any atom is 0.271 e. The second-order valence-electron chi connectivity index (χ2n) is 3.50. The lowest BCUT2D eigenvalue weighted by atomic mass is 10.2. The summed E-state index contributed by atoms with van der Waals surface area (Å²) in [5.41, 5.74) is 0.315. The fourth-order valence-electron chi connectivity index (χ4n) is 1.31. The molecular formula is C10H14N4O2. The number of amides is 1. The Balaban J connectivity index is 1.94.